The second-order valence-electron chi connectivity index (χ2n) is 8.47. The van der Waals surface area contributed by atoms with Gasteiger partial charge < -0.3 is 20.7 Å². The summed E-state index contributed by atoms with van der Waals surface area (Å²) in [6.45, 7) is 3.41. The molecule has 0 aliphatic carbocycles. The number of unbranched alkanes of at least 4 members (excludes halogenated alkanes) is 11. The van der Waals surface area contributed by atoms with Crippen LogP contribution in [-0.2, 0) is 10.4 Å². The van der Waals surface area contributed by atoms with Gasteiger partial charge in [-0.25, -0.2) is 0 Å². The molecule has 2 rings (SSSR count). The number of hydrogen-bond acceptors (Lipinski definition) is 3. The summed E-state index contributed by atoms with van der Waals surface area (Å²) in [5, 5.41) is 21.6. The van der Waals surface area contributed by atoms with Crippen LogP contribution in [0.1, 0.15) is 95.1 Å². The topological polar surface area (TPSA) is 88.0 Å². The zero-order valence-corrected chi connectivity index (χ0v) is 19.9. The van der Waals surface area contributed by atoms with E-state index in [0.29, 0.717) is 0 Å². The van der Waals surface area contributed by atoms with Crippen molar-refractivity contribution in [1.29, 1.82) is 0 Å². The minimum Gasteiger partial charge on any atom is -0.546 e. The largest absolute Gasteiger partial charge is 0.546 e. The molecule has 32 heavy (non-hydrogen) atoms. The first-order valence-corrected chi connectivity index (χ1v) is 12.4. The molecule has 0 aliphatic heterocycles. The van der Waals surface area contributed by atoms with Gasteiger partial charge in [-0.1, -0.05) is 132 Å². The minimum absolute atomic E-state index is 0.284. The molecule has 2 aromatic carbocycles. The SMILES string of the molecule is CCCCCCCCCCCCCC[NH3+].O=C([O-])C(O)(c1ccccc1)c1ccccc1. The lowest BCUT2D eigenvalue weighted by Gasteiger charge is -2.30. The summed E-state index contributed by atoms with van der Waals surface area (Å²) < 4.78 is 0. The van der Waals surface area contributed by atoms with E-state index in [4.69, 9.17) is 0 Å². The Hall–Kier alpha value is -2.17. The molecule has 4 N–H and O–H groups in total. The number of aliphatic hydroxyl groups is 1. The summed E-state index contributed by atoms with van der Waals surface area (Å²) in [7, 11) is 0. The maximum atomic E-state index is 11.3. The number of aliphatic carboxylic acids is 1. The molecule has 0 radical (unpaired) electrons. The Balaban J connectivity index is 0.000000324. The van der Waals surface area contributed by atoms with Crippen LogP contribution in [0.4, 0.5) is 0 Å². The predicted molar refractivity (Wildman–Crippen MR) is 130 cm³/mol. The highest BCUT2D eigenvalue weighted by atomic mass is 16.4. The van der Waals surface area contributed by atoms with Crippen LogP contribution in [0.5, 0.6) is 0 Å². The fraction of sp³-hybridized carbons (Fsp3) is 0.536. The first-order chi connectivity index (χ1) is 15.6. The second kappa shape index (κ2) is 17.4. The van der Waals surface area contributed by atoms with E-state index in [0.717, 1.165) is 6.54 Å². The molecule has 0 heterocycles. The van der Waals surface area contributed by atoms with Gasteiger partial charge in [-0.3, -0.25) is 0 Å². The van der Waals surface area contributed by atoms with Gasteiger partial charge in [-0.2, -0.15) is 0 Å². The highest BCUT2D eigenvalue weighted by Crippen LogP contribution is 2.28. The molecule has 0 bridgehead atoms. The lowest BCUT2D eigenvalue weighted by molar-refractivity contribution is -0.368. The summed E-state index contributed by atoms with van der Waals surface area (Å²) in [6, 6.07) is 16.4. The van der Waals surface area contributed by atoms with Crippen molar-refractivity contribution in [2.75, 3.05) is 6.54 Å². The Bertz CT molecular complexity index is 652. The minimum atomic E-state index is -2.11. The average molecular weight is 442 g/mol. The first kappa shape index (κ1) is 27.9. The number of hydrogen-bond donors (Lipinski definition) is 2. The number of carboxylic acids is 1. The van der Waals surface area contributed by atoms with Crippen LogP contribution in [0.3, 0.4) is 0 Å². The summed E-state index contributed by atoms with van der Waals surface area (Å²) in [6.07, 6.45) is 17.2. The van der Waals surface area contributed by atoms with Crippen LogP contribution in [-0.4, -0.2) is 17.6 Å². The molecule has 178 valence electrons. The average Bonchev–Trinajstić information content (AvgIpc) is 2.83. The molecule has 0 saturated carbocycles. The van der Waals surface area contributed by atoms with Crippen molar-refractivity contribution in [3.05, 3.63) is 71.8 Å². The third-order valence-electron chi connectivity index (χ3n) is 5.78. The Morgan fingerprint density at radius 1 is 0.719 bits per heavy atom. The van der Waals surface area contributed by atoms with Crippen molar-refractivity contribution in [2.45, 2.75) is 89.6 Å². The number of benzene rings is 2. The monoisotopic (exact) mass is 441 g/mol. The van der Waals surface area contributed by atoms with Crippen LogP contribution >= 0.6 is 0 Å². The number of rotatable bonds is 15. The van der Waals surface area contributed by atoms with Gasteiger partial charge in [-0.05, 0) is 24.0 Å². The third kappa shape index (κ3) is 10.4. The van der Waals surface area contributed by atoms with E-state index in [-0.39, 0.29) is 11.1 Å². The molecular formula is C28H43NO3. The maximum Gasteiger partial charge on any atom is 0.154 e. The van der Waals surface area contributed by atoms with E-state index in [9.17, 15) is 15.0 Å². The van der Waals surface area contributed by atoms with Gasteiger partial charge in [0.2, 0.25) is 0 Å². The normalized spacial score (nSPS) is 11.0. The summed E-state index contributed by atoms with van der Waals surface area (Å²) in [5.41, 5.74) is 2.33. The van der Waals surface area contributed by atoms with Crippen LogP contribution in [0, 0.1) is 0 Å². The molecule has 0 amide bonds. The van der Waals surface area contributed by atoms with Crippen LogP contribution in [0.2, 0.25) is 0 Å². The van der Waals surface area contributed by atoms with Gasteiger partial charge >= 0.3 is 0 Å². The van der Waals surface area contributed by atoms with Crippen molar-refractivity contribution in [3.8, 4) is 0 Å². The fourth-order valence-electron chi connectivity index (χ4n) is 3.78. The molecule has 0 saturated heterocycles. The second-order valence-corrected chi connectivity index (χ2v) is 8.47. The lowest BCUT2D eigenvalue weighted by Crippen LogP contribution is -2.50. The van der Waals surface area contributed by atoms with Crippen LogP contribution < -0.4 is 10.8 Å². The number of carbonyl (C=O) groups is 1. The van der Waals surface area contributed by atoms with Crippen molar-refractivity contribution in [2.24, 2.45) is 0 Å². The molecule has 4 nitrogen and oxygen atoms in total. The van der Waals surface area contributed by atoms with Crippen LogP contribution in [0.15, 0.2) is 60.7 Å². The molecule has 0 unspecified atom stereocenters. The van der Waals surface area contributed by atoms with Crippen LogP contribution in [0.25, 0.3) is 0 Å². The van der Waals surface area contributed by atoms with Gasteiger partial charge in [0, 0.05) is 0 Å². The van der Waals surface area contributed by atoms with E-state index in [2.05, 4.69) is 12.7 Å². The lowest BCUT2D eigenvalue weighted by atomic mass is 9.86. The van der Waals surface area contributed by atoms with E-state index >= 15 is 0 Å². The number of carbonyl (C=O) groups excluding carboxylic acids is 1. The van der Waals surface area contributed by atoms with E-state index in [1.807, 2.05) is 0 Å². The van der Waals surface area contributed by atoms with Crippen molar-refractivity contribution in [1.82, 2.24) is 0 Å². The van der Waals surface area contributed by atoms with Gasteiger partial charge in [-0.15, -0.1) is 0 Å². The van der Waals surface area contributed by atoms with Gasteiger partial charge in [0.25, 0.3) is 0 Å². The molecule has 4 heteroatoms. The molecule has 2 aromatic rings. The van der Waals surface area contributed by atoms with Crippen molar-refractivity contribution >= 4 is 5.97 Å². The van der Waals surface area contributed by atoms with E-state index in [1.54, 1.807) is 60.7 Å². The zero-order valence-electron chi connectivity index (χ0n) is 19.9. The zero-order chi connectivity index (χ0) is 23.5. The smallest absolute Gasteiger partial charge is 0.154 e. The Morgan fingerprint density at radius 3 is 1.38 bits per heavy atom. The summed E-state index contributed by atoms with van der Waals surface area (Å²) in [4.78, 5) is 11.3. The first-order valence-electron chi connectivity index (χ1n) is 12.4. The molecule has 0 fully saturated rings. The standard InChI is InChI=1S/C14H31N.C14H12O3/c1-2-3-4-5-6-7-8-9-10-11-12-13-14-15;15-13(16)14(17,11-7-3-1-4-8-11)12-9-5-2-6-10-12/h2-15H2,1H3;1-10,17H,(H,15,16). The van der Waals surface area contributed by atoms with E-state index in [1.165, 1.54) is 77.0 Å². The number of quaternary nitrogens is 1. The summed E-state index contributed by atoms with van der Waals surface area (Å²) in [5.74, 6) is -1.53. The van der Waals surface area contributed by atoms with Gasteiger partial charge in [0.05, 0.1) is 12.5 Å². The highest BCUT2D eigenvalue weighted by Gasteiger charge is 2.32. The molecule has 0 atom stereocenters. The van der Waals surface area contributed by atoms with Crippen molar-refractivity contribution in [3.63, 3.8) is 0 Å². The molecule has 0 aromatic heterocycles. The van der Waals surface area contributed by atoms with Gasteiger partial charge in [0.1, 0.15) is 0 Å². The Morgan fingerprint density at radius 2 is 1.06 bits per heavy atom. The maximum absolute atomic E-state index is 11.3. The molecule has 0 aliphatic rings. The number of carboxylic acid groups (broad SMARTS) is 1. The quantitative estimate of drug-likeness (QED) is 0.396. The predicted octanol–water partition coefficient (Wildman–Crippen LogP) is 4.60. The third-order valence-corrected chi connectivity index (χ3v) is 5.78. The fourth-order valence-corrected chi connectivity index (χ4v) is 3.78. The van der Waals surface area contributed by atoms with Crippen molar-refractivity contribution < 1.29 is 20.7 Å². The van der Waals surface area contributed by atoms with Gasteiger partial charge in [0.15, 0.2) is 5.60 Å². The molecular weight excluding hydrogens is 398 g/mol. The van der Waals surface area contributed by atoms with E-state index < -0.39 is 11.6 Å². The summed E-state index contributed by atoms with van der Waals surface area (Å²) >= 11 is 0. The highest BCUT2D eigenvalue weighted by molar-refractivity contribution is 5.81. The Kier molecular flexibility index (Phi) is 15.1. The Labute approximate surface area is 194 Å². The molecule has 0 spiro atoms.